The molecule has 0 aliphatic carbocycles. The summed E-state index contributed by atoms with van der Waals surface area (Å²) in [5.74, 6) is 0.292. The van der Waals surface area contributed by atoms with Crippen molar-refractivity contribution in [2.45, 2.75) is 18.8 Å². The number of rotatable bonds is 2. The van der Waals surface area contributed by atoms with Crippen molar-refractivity contribution < 1.29 is 14.3 Å². The summed E-state index contributed by atoms with van der Waals surface area (Å²) < 4.78 is 11.4. The maximum absolute atomic E-state index is 11.6. The van der Waals surface area contributed by atoms with E-state index in [0.29, 0.717) is 10.8 Å². The third-order valence-corrected chi connectivity index (χ3v) is 4.80. The van der Waals surface area contributed by atoms with E-state index in [9.17, 15) is 4.79 Å². The highest BCUT2D eigenvalue weighted by molar-refractivity contribution is 7.21. The number of ether oxygens (including phenoxy) is 2. The number of methoxy groups -OCH3 is 1. The van der Waals surface area contributed by atoms with E-state index in [4.69, 9.17) is 9.47 Å². The number of benzene rings is 1. The zero-order chi connectivity index (χ0) is 13.2. The molecular formula is C15H16O3S. The highest BCUT2D eigenvalue weighted by Crippen LogP contribution is 2.36. The standard InChI is InChI=1S/C15H16O3S/c1-17-15(16)13-9-11-3-2-4-12(14(11)19-13)10-5-7-18-8-6-10/h2-4,9-10H,5-8H2,1H3. The molecule has 0 bridgehead atoms. The van der Waals surface area contributed by atoms with Crippen molar-refractivity contribution in [2.75, 3.05) is 20.3 Å². The van der Waals surface area contributed by atoms with E-state index < -0.39 is 0 Å². The van der Waals surface area contributed by atoms with E-state index >= 15 is 0 Å². The fourth-order valence-corrected chi connectivity index (χ4v) is 3.79. The smallest absolute Gasteiger partial charge is 0.348 e. The lowest BCUT2D eigenvalue weighted by molar-refractivity contribution is 0.0606. The zero-order valence-electron chi connectivity index (χ0n) is 10.8. The van der Waals surface area contributed by atoms with Crippen LogP contribution in [0, 0.1) is 0 Å². The van der Waals surface area contributed by atoms with E-state index in [2.05, 4.69) is 18.2 Å². The van der Waals surface area contributed by atoms with Crippen molar-refractivity contribution in [3.8, 4) is 0 Å². The van der Waals surface area contributed by atoms with E-state index in [0.717, 1.165) is 31.4 Å². The van der Waals surface area contributed by atoms with Crippen molar-refractivity contribution >= 4 is 27.4 Å². The van der Waals surface area contributed by atoms with Crippen molar-refractivity contribution in [1.29, 1.82) is 0 Å². The van der Waals surface area contributed by atoms with Gasteiger partial charge in [0, 0.05) is 17.9 Å². The molecule has 1 saturated heterocycles. The molecule has 2 aromatic rings. The number of esters is 1. The minimum absolute atomic E-state index is 0.251. The van der Waals surface area contributed by atoms with E-state index in [1.165, 1.54) is 28.7 Å². The first kappa shape index (κ1) is 12.6. The Kier molecular flexibility index (Phi) is 3.53. The quantitative estimate of drug-likeness (QED) is 0.786. The molecule has 100 valence electrons. The summed E-state index contributed by atoms with van der Waals surface area (Å²) in [5.41, 5.74) is 1.35. The molecule has 0 saturated carbocycles. The maximum Gasteiger partial charge on any atom is 0.348 e. The molecule has 4 heteroatoms. The Balaban J connectivity index is 2.04. The molecule has 0 atom stereocenters. The minimum atomic E-state index is -0.251. The summed E-state index contributed by atoms with van der Waals surface area (Å²) in [6.07, 6.45) is 2.12. The number of fused-ring (bicyclic) bond motifs is 1. The summed E-state index contributed by atoms with van der Waals surface area (Å²) in [5, 5.41) is 1.13. The molecule has 1 fully saturated rings. The molecule has 0 unspecified atom stereocenters. The fourth-order valence-electron chi connectivity index (χ4n) is 2.62. The van der Waals surface area contributed by atoms with Crippen LogP contribution in [0.2, 0.25) is 0 Å². The molecule has 0 N–H and O–H groups in total. The summed E-state index contributed by atoms with van der Waals surface area (Å²) >= 11 is 1.53. The van der Waals surface area contributed by atoms with Gasteiger partial charge in [-0.25, -0.2) is 4.79 Å². The number of hydrogen-bond donors (Lipinski definition) is 0. The molecule has 0 radical (unpaired) electrons. The van der Waals surface area contributed by atoms with Crippen LogP contribution in [-0.4, -0.2) is 26.3 Å². The van der Waals surface area contributed by atoms with Crippen LogP contribution in [0.5, 0.6) is 0 Å². The van der Waals surface area contributed by atoms with Crippen molar-refractivity contribution in [2.24, 2.45) is 0 Å². The maximum atomic E-state index is 11.6. The molecule has 0 amide bonds. The Hall–Kier alpha value is -1.39. The summed E-state index contributed by atoms with van der Waals surface area (Å²) in [6, 6.07) is 8.23. The monoisotopic (exact) mass is 276 g/mol. The third kappa shape index (κ3) is 2.38. The Morgan fingerprint density at radius 3 is 2.89 bits per heavy atom. The topological polar surface area (TPSA) is 35.5 Å². The first-order valence-corrected chi connectivity index (χ1v) is 7.30. The van der Waals surface area contributed by atoms with Gasteiger partial charge >= 0.3 is 5.97 Å². The molecular weight excluding hydrogens is 260 g/mol. The van der Waals surface area contributed by atoms with Crippen LogP contribution >= 0.6 is 11.3 Å². The van der Waals surface area contributed by atoms with Crippen LogP contribution in [0.15, 0.2) is 24.3 Å². The third-order valence-electron chi connectivity index (χ3n) is 3.62. The van der Waals surface area contributed by atoms with Gasteiger partial charge in [0.05, 0.1) is 7.11 Å². The van der Waals surface area contributed by atoms with Gasteiger partial charge in [-0.2, -0.15) is 0 Å². The molecule has 1 aromatic carbocycles. The largest absolute Gasteiger partial charge is 0.465 e. The predicted molar refractivity (Wildman–Crippen MR) is 76.0 cm³/mol. The highest BCUT2D eigenvalue weighted by Gasteiger charge is 2.20. The Morgan fingerprint density at radius 2 is 2.16 bits per heavy atom. The number of hydrogen-bond acceptors (Lipinski definition) is 4. The lowest BCUT2D eigenvalue weighted by Gasteiger charge is -2.22. The summed E-state index contributed by atoms with van der Waals surface area (Å²) in [4.78, 5) is 12.3. The van der Waals surface area contributed by atoms with Crippen LogP contribution in [0.4, 0.5) is 0 Å². The first-order chi connectivity index (χ1) is 9.29. The van der Waals surface area contributed by atoms with Crippen LogP contribution in [0.3, 0.4) is 0 Å². The van der Waals surface area contributed by atoms with Gasteiger partial charge in [0.2, 0.25) is 0 Å². The summed E-state index contributed by atoms with van der Waals surface area (Å²) in [6.45, 7) is 1.66. The Labute approximate surface area is 116 Å². The van der Waals surface area contributed by atoms with Crippen molar-refractivity contribution in [3.05, 3.63) is 34.7 Å². The average molecular weight is 276 g/mol. The van der Waals surface area contributed by atoms with Gasteiger partial charge in [-0.15, -0.1) is 11.3 Å². The molecule has 3 nitrogen and oxygen atoms in total. The Morgan fingerprint density at radius 1 is 1.37 bits per heavy atom. The van der Waals surface area contributed by atoms with Gasteiger partial charge < -0.3 is 9.47 Å². The van der Waals surface area contributed by atoms with E-state index in [1.54, 1.807) is 0 Å². The second-order valence-corrected chi connectivity index (χ2v) is 5.81. The lowest BCUT2D eigenvalue weighted by Crippen LogP contribution is -2.14. The van der Waals surface area contributed by atoms with Gasteiger partial charge in [0.15, 0.2) is 0 Å². The van der Waals surface area contributed by atoms with Gasteiger partial charge in [-0.3, -0.25) is 0 Å². The van der Waals surface area contributed by atoms with Gasteiger partial charge in [-0.1, -0.05) is 18.2 Å². The average Bonchev–Trinajstić information content (AvgIpc) is 2.91. The number of thiophene rings is 1. The molecule has 3 rings (SSSR count). The summed E-state index contributed by atoms with van der Waals surface area (Å²) in [7, 11) is 1.42. The zero-order valence-corrected chi connectivity index (χ0v) is 11.7. The molecule has 1 aliphatic rings. The Bertz CT molecular complexity index is 596. The fraction of sp³-hybridized carbons (Fsp3) is 0.400. The lowest BCUT2D eigenvalue weighted by atomic mass is 9.91. The van der Waals surface area contributed by atoms with Crippen LogP contribution in [0.25, 0.3) is 10.1 Å². The molecule has 1 aromatic heterocycles. The second kappa shape index (κ2) is 5.31. The van der Waals surface area contributed by atoms with E-state index in [-0.39, 0.29) is 5.97 Å². The predicted octanol–water partition coefficient (Wildman–Crippen LogP) is 3.58. The van der Waals surface area contributed by atoms with Crippen LogP contribution in [0.1, 0.15) is 34.0 Å². The number of carbonyl (C=O) groups is 1. The van der Waals surface area contributed by atoms with Gasteiger partial charge in [-0.05, 0) is 35.8 Å². The van der Waals surface area contributed by atoms with E-state index in [1.807, 2.05) is 6.07 Å². The minimum Gasteiger partial charge on any atom is -0.465 e. The number of carbonyl (C=O) groups excluding carboxylic acids is 1. The SMILES string of the molecule is COC(=O)c1cc2cccc(C3CCOCC3)c2s1. The van der Waals surface area contributed by atoms with Gasteiger partial charge in [0.1, 0.15) is 4.88 Å². The van der Waals surface area contributed by atoms with Crippen molar-refractivity contribution in [3.63, 3.8) is 0 Å². The van der Waals surface area contributed by atoms with Crippen molar-refractivity contribution in [1.82, 2.24) is 0 Å². The van der Waals surface area contributed by atoms with Gasteiger partial charge in [0.25, 0.3) is 0 Å². The second-order valence-electron chi connectivity index (χ2n) is 4.75. The van der Waals surface area contributed by atoms with Crippen LogP contribution in [-0.2, 0) is 9.47 Å². The normalized spacial score (nSPS) is 16.7. The molecule has 19 heavy (non-hydrogen) atoms. The highest BCUT2D eigenvalue weighted by atomic mass is 32.1. The molecule has 1 aliphatic heterocycles. The molecule has 0 spiro atoms. The first-order valence-electron chi connectivity index (χ1n) is 6.48. The molecule has 2 heterocycles. The van der Waals surface area contributed by atoms with Crippen LogP contribution < -0.4 is 0 Å².